The molecule has 0 bridgehead atoms. The first-order valence-electron chi connectivity index (χ1n) is 20.9. The number of hydrogen-bond donors (Lipinski definition) is 0. The van der Waals surface area contributed by atoms with Gasteiger partial charge in [0.05, 0.1) is 33.6 Å². The molecule has 12 rings (SSSR count). The molecule has 0 aliphatic heterocycles. The molecule has 0 amide bonds. The van der Waals surface area contributed by atoms with Crippen LogP contribution in [-0.4, -0.2) is 19.5 Å². The summed E-state index contributed by atoms with van der Waals surface area (Å²) in [6.07, 6.45) is 0. The lowest BCUT2D eigenvalue weighted by atomic mass is 9.94. The molecule has 0 atom stereocenters. The predicted octanol–water partition coefficient (Wildman–Crippen LogP) is 15.3. The van der Waals surface area contributed by atoms with E-state index in [9.17, 15) is 0 Å². The van der Waals surface area contributed by atoms with Crippen molar-refractivity contribution in [2.75, 3.05) is 0 Å². The number of nitrogens with zero attached hydrogens (tertiary/aromatic N) is 4. The fourth-order valence-corrected chi connectivity index (χ4v) is 10.3. The van der Waals surface area contributed by atoms with Crippen molar-refractivity contribution < 1.29 is 0 Å². The molecular weight excluding hydrogens is 773 g/mol. The summed E-state index contributed by atoms with van der Waals surface area (Å²) in [6, 6.07) is 77.2. The summed E-state index contributed by atoms with van der Waals surface area (Å²) in [7, 11) is 0. The molecule has 62 heavy (non-hydrogen) atoms. The summed E-state index contributed by atoms with van der Waals surface area (Å²) in [5.41, 5.74) is 14.7. The second-order valence-corrected chi connectivity index (χ2v) is 16.6. The molecule has 4 aromatic heterocycles. The Morgan fingerprint density at radius 3 is 1.61 bits per heavy atom. The SMILES string of the molecule is c1ccc(-c2cc(-c3cccc(-c4sc5c(c(-c6ccccc6)nc6ccccc65)c4-c4cccc(-n5c6ccccc6c6ccccc65)c4)c3)nc(-c3ccccc3)n2)cc1. The van der Waals surface area contributed by atoms with Crippen molar-refractivity contribution in [1.82, 2.24) is 19.5 Å². The number of fused-ring (bicyclic) bond motifs is 6. The monoisotopic (exact) mass is 808 g/mol. The summed E-state index contributed by atoms with van der Waals surface area (Å²) < 4.78 is 3.62. The van der Waals surface area contributed by atoms with E-state index in [1.165, 1.54) is 36.9 Å². The predicted molar refractivity (Wildman–Crippen MR) is 260 cm³/mol. The molecule has 0 radical (unpaired) electrons. The quantitative estimate of drug-likeness (QED) is 0.161. The second-order valence-electron chi connectivity index (χ2n) is 15.5. The lowest BCUT2D eigenvalue weighted by Gasteiger charge is -2.14. The highest BCUT2D eigenvalue weighted by Crippen LogP contribution is 2.51. The summed E-state index contributed by atoms with van der Waals surface area (Å²) in [4.78, 5) is 16.9. The highest BCUT2D eigenvalue weighted by atomic mass is 32.1. The van der Waals surface area contributed by atoms with Gasteiger partial charge in [0.25, 0.3) is 0 Å². The van der Waals surface area contributed by atoms with E-state index in [-0.39, 0.29) is 0 Å². The van der Waals surface area contributed by atoms with Gasteiger partial charge >= 0.3 is 0 Å². The van der Waals surface area contributed by atoms with Crippen LogP contribution in [-0.2, 0) is 0 Å². The maximum absolute atomic E-state index is 5.45. The number of para-hydroxylation sites is 3. The molecular formula is C57H36N4S. The maximum Gasteiger partial charge on any atom is 0.160 e. The topological polar surface area (TPSA) is 43.6 Å². The first kappa shape index (κ1) is 35.9. The van der Waals surface area contributed by atoms with Gasteiger partial charge in [-0.1, -0.05) is 176 Å². The van der Waals surface area contributed by atoms with Crippen molar-refractivity contribution >= 4 is 54.1 Å². The third-order valence-corrected chi connectivity index (χ3v) is 13.1. The van der Waals surface area contributed by atoms with E-state index in [0.717, 1.165) is 72.4 Å². The van der Waals surface area contributed by atoms with Crippen molar-refractivity contribution in [3.8, 4) is 72.4 Å². The maximum atomic E-state index is 5.45. The molecule has 0 unspecified atom stereocenters. The van der Waals surface area contributed by atoms with Crippen molar-refractivity contribution in [3.63, 3.8) is 0 Å². The number of benzene rings is 8. The van der Waals surface area contributed by atoms with Gasteiger partial charge in [-0.15, -0.1) is 11.3 Å². The van der Waals surface area contributed by atoms with Crippen molar-refractivity contribution in [2.45, 2.75) is 0 Å². The van der Waals surface area contributed by atoms with Crippen LogP contribution < -0.4 is 0 Å². The zero-order valence-corrected chi connectivity index (χ0v) is 34.3. The number of hydrogen-bond acceptors (Lipinski definition) is 4. The van der Waals surface area contributed by atoms with Gasteiger partial charge in [0.2, 0.25) is 0 Å². The van der Waals surface area contributed by atoms with Crippen LogP contribution >= 0.6 is 11.3 Å². The van der Waals surface area contributed by atoms with Crippen LogP contribution in [0.15, 0.2) is 218 Å². The molecule has 0 spiro atoms. The molecule has 4 heterocycles. The molecule has 8 aromatic carbocycles. The minimum atomic E-state index is 0.696. The molecule has 0 fully saturated rings. The van der Waals surface area contributed by atoms with Crippen LogP contribution in [0.5, 0.6) is 0 Å². The van der Waals surface area contributed by atoms with Gasteiger partial charge in [-0.05, 0) is 53.6 Å². The van der Waals surface area contributed by atoms with E-state index in [1.807, 2.05) is 35.6 Å². The van der Waals surface area contributed by atoms with Gasteiger partial charge in [0.1, 0.15) is 0 Å². The highest BCUT2D eigenvalue weighted by Gasteiger charge is 2.24. The molecule has 12 aromatic rings. The Labute approximate surface area is 362 Å². The summed E-state index contributed by atoms with van der Waals surface area (Å²) >= 11 is 1.84. The van der Waals surface area contributed by atoms with Crippen LogP contribution in [0.4, 0.5) is 0 Å². The highest BCUT2D eigenvalue weighted by molar-refractivity contribution is 7.24. The smallest absolute Gasteiger partial charge is 0.160 e. The van der Waals surface area contributed by atoms with Gasteiger partial charge in [-0.2, -0.15) is 0 Å². The molecule has 0 saturated carbocycles. The van der Waals surface area contributed by atoms with E-state index in [2.05, 4.69) is 199 Å². The van der Waals surface area contributed by atoms with Crippen molar-refractivity contribution in [3.05, 3.63) is 218 Å². The number of aromatic nitrogens is 4. The molecule has 0 N–H and O–H groups in total. The normalized spacial score (nSPS) is 11.5. The Morgan fingerprint density at radius 1 is 0.371 bits per heavy atom. The lowest BCUT2D eigenvalue weighted by molar-refractivity contribution is 1.18. The molecule has 0 aliphatic rings. The van der Waals surface area contributed by atoms with Crippen LogP contribution in [0.2, 0.25) is 0 Å². The summed E-state index contributed by atoms with van der Waals surface area (Å²) in [6.45, 7) is 0. The Bertz CT molecular complexity index is 3520. The molecule has 0 aliphatic carbocycles. The second kappa shape index (κ2) is 14.9. The Morgan fingerprint density at radius 2 is 0.903 bits per heavy atom. The minimum absolute atomic E-state index is 0.696. The average Bonchev–Trinajstić information content (AvgIpc) is 3.92. The zero-order chi connectivity index (χ0) is 41.0. The number of rotatable bonds is 7. The largest absolute Gasteiger partial charge is 0.309 e. The van der Waals surface area contributed by atoms with Crippen LogP contribution in [0.25, 0.3) is 115 Å². The first-order chi connectivity index (χ1) is 30.7. The van der Waals surface area contributed by atoms with Gasteiger partial charge in [0.15, 0.2) is 5.82 Å². The van der Waals surface area contributed by atoms with E-state index in [1.54, 1.807) is 0 Å². The van der Waals surface area contributed by atoms with E-state index in [0.29, 0.717) is 5.82 Å². The molecule has 4 nitrogen and oxygen atoms in total. The van der Waals surface area contributed by atoms with Gasteiger partial charge < -0.3 is 4.57 Å². The van der Waals surface area contributed by atoms with Gasteiger partial charge in [0, 0.05) is 64.6 Å². The Hall–Kier alpha value is -7.99. The molecule has 5 heteroatoms. The first-order valence-corrected chi connectivity index (χ1v) is 21.7. The standard InChI is InChI=1S/C57H36N4S/c1-4-18-37(19-5-1)48-36-49(60-57(59-48)39-22-8-3-9-23-39)40-24-16-26-42(34-40)55-52(53-54(38-20-6-2-7-21-38)58-47-31-13-10-30-46(47)56(53)62-55)41-25-17-27-43(35-41)61-50-32-14-11-28-44(50)45-29-12-15-33-51(45)61/h1-36H. The Balaban J connectivity index is 1.12. The fraction of sp³-hybridized carbons (Fsp3) is 0. The van der Waals surface area contributed by atoms with Gasteiger partial charge in [-0.3, -0.25) is 0 Å². The third kappa shape index (κ3) is 6.09. The minimum Gasteiger partial charge on any atom is -0.309 e. The van der Waals surface area contributed by atoms with E-state index in [4.69, 9.17) is 15.0 Å². The third-order valence-electron chi connectivity index (χ3n) is 11.8. The van der Waals surface area contributed by atoms with Crippen molar-refractivity contribution in [1.29, 1.82) is 0 Å². The van der Waals surface area contributed by atoms with E-state index < -0.39 is 0 Å². The number of thiophene rings is 1. The summed E-state index contributed by atoms with van der Waals surface area (Å²) in [5.74, 6) is 0.696. The van der Waals surface area contributed by atoms with Gasteiger partial charge in [-0.25, -0.2) is 15.0 Å². The van der Waals surface area contributed by atoms with Crippen molar-refractivity contribution in [2.24, 2.45) is 0 Å². The van der Waals surface area contributed by atoms with Crippen LogP contribution in [0, 0.1) is 0 Å². The molecule has 290 valence electrons. The fourth-order valence-electron chi connectivity index (χ4n) is 8.96. The lowest BCUT2D eigenvalue weighted by Crippen LogP contribution is -1.96. The summed E-state index contributed by atoms with van der Waals surface area (Å²) in [5, 5.41) is 4.78. The zero-order valence-electron chi connectivity index (χ0n) is 33.5. The van der Waals surface area contributed by atoms with Crippen LogP contribution in [0.3, 0.4) is 0 Å². The Kier molecular flexibility index (Phi) is 8.65. The molecule has 0 saturated heterocycles. The number of pyridine rings is 1. The van der Waals surface area contributed by atoms with E-state index >= 15 is 0 Å². The average molecular weight is 809 g/mol. The van der Waals surface area contributed by atoms with Crippen LogP contribution in [0.1, 0.15) is 0 Å².